The molecular formula is C14H7ClO3. The second kappa shape index (κ2) is 3.96. The van der Waals surface area contributed by atoms with E-state index in [0.717, 1.165) is 10.8 Å². The molecule has 0 aliphatic heterocycles. The molecule has 3 nitrogen and oxygen atoms in total. The monoisotopic (exact) mass is 258 g/mol. The summed E-state index contributed by atoms with van der Waals surface area (Å²) in [6.45, 7) is 0. The van der Waals surface area contributed by atoms with Gasteiger partial charge in [0.05, 0.1) is 0 Å². The van der Waals surface area contributed by atoms with Crippen molar-refractivity contribution < 1.29 is 9.21 Å². The van der Waals surface area contributed by atoms with Crippen LogP contribution in [0.4, 0.5) is 0 Å². The average molecular weight is 259 g/mol. The molecule has 0 saturated carbocycles. The van der Waals surface area contributed by atoms with Crippen LogP contribution in [0.25, 0.3) is 21.7 Å². The van der Waals surface area contributed by atoms with Gasteiger partial charge in [0.2, 0.25) is 0 Å². The smallest absolute Gasteiger partial charge is 0.348 e. The highest BCUT2D eigenvalue weighted by Gasteiger charge is 2.12. The van der Waals surface area contributed by atoms with Crippen molar-refractivity contribution in [2.45, 2.75) is 0 Å². The first-order valence-electron chi connectivity index (χ1n) is 5.32. The Kier molecular flexibility index (Phi) is 2.42. The minimum absolute atomic E-state index is 0.138. The molecule has 0 fully saturated rings. The third-order valence-corrected chi connectivity index (χ3v) is 3.06. The highest BCUT2D eigenvalue weighted by Crippen LogP contribution is 2.25. The van der Waals surface area contributed by atoms with E-state index >= 15 is 0 Å². The maximum absolute atomic E-state index is 11.5. The van der Waals surface area contributed by atoms with Gasteiger partial charge in [0.15, 0.2) is 0 Å². The van der Waals surface area contributed by atoms with Crippen LogP contribution in [0.1, 0.15) is 10.4 Å². The molecule has 0 bridgehead atoms. The summed E-state index contributed by atoms with van der Waals surface area (Å²) in [7, 11) is 0. The lowest BCUT2D eigenvalue weighted by atomic mass is 10.1. The largest absolute Gasteiger partial charge is 0.422 e. The fourth-order valence-corrected chi connectivity index (χ4v) is 2.14. The van der Waals surface area contributed by atoms with Gasteiger partial charge in [-0.1, -0.05) is 30.3 Å². The van der Waals surface area contributed by atoms with Crippen LogP contribution in [0.5, 0.6) is 0 Å². The molecule has 0 N–H and O–H groups in total. The van der Waals surface area contributed by atoms with Crippen molar-refractivity contribution in [1.82, 2.24) is 0 Å². The molecule has 18 heavy (non-hydrogen) atoms. The van der Waals surface area contributed by atoms with E-state index in [2.05, 4.69) is 0 Å². The highest BCUT2D eigenvalue weighted by atomic mass is 35.5. The van der Waals surface area contributed by atoms with E-state index in [1.54, 1.807) is 6.07 Å². The van der Waals surface area contributed by atoms with E-state index in [4.69, 9.17) is 16.0 Å². The van der Waals surface area contributed by atoms with E-state index in [1.165, 1.54) is 6.07 Å². The van der Waals surface area contributed by atoms with Crippen LogP contribution < -0.4 is 5.63 Å². The van der Waals surface area contributed by atoms with Gasteiger partial charge < -0.3 is 4.42 Å². The summed E-state index contributed by atoms with van der Waals surface area (Å²) >= 11 is 5.36. The summed E-state index contributed by atoms with van der Waals surface area (Å²) in [4.78, 5) is 22.7. The molecule has 0 unspecified atom stereocenters. The number of rotatable bonds is 1. The van der Waals surface area contributed by atoms with E-state index < -0.39 is 10.9 Å². The summed E-state index contributed by atoms with van der Waals surface area (Å²) in [6.07, 6.45) is 0. The molecule has 0 radical (unpaired) electrons. The van der Waals surface area contributed by atoms with Gasteiger partial charge >= 0.3 is 5.63 Å². The maximum atomic E-state index is 11.5. The van der Waals surface area contributed by atoms with Gasteiger partial charge in [-0.15, -0.1) is 0 Å². The minimum Gasteiger partial charge on any atom is -0.422 e. The number of carbonyl (C=O) groups is 1. The van der Waals surface area contributed by atoms with Crippen molar-refractivity contribution >= 4 is 38.6 Å². The van der Waals surface area contributed by atoms with Crippen LogP contribution in [0.15, 0.2) is 51.7 Å². The second-order valence-electron chi connectivity index (χ2n) is 3.92. The Morgan fingerprint density at radius 2 is 1.83 bits per heavy atom. The normalized spacial score (nSPS) is 10.9. The van der Waals surface area contributed by atoms with Crippen LogP contribution in [0, 0.1) is 0 Å². The fourth-order valence-electron chi connectivity index (χ4n) is 2.01. The number of hydrogen-bond donors (Lipinski definition) is 0. The predicted octanol–water partition coefficient (Wildman–Crippen LogP) is 3.33. The maximum Gasteiger partial charge on any atom is 0.348 e. The number of halogens is 1. The zero-order chi connectivity index (χ0) is 12.7. The third kappa shape index (κ3) is 1.60. The van der Waals surface area contributed by atoms with E-state index in [0.29, 0.717) is 11.0 Å². The molecule has 3 rings (SSSR count). The molecule has 1 aromatic heterocycles. The number of fused-ring (bicyclic) bond motifs is 3. The molecule has 0 saturated heterocycles. The SMILES string of the molecule is O=C(Cl)c1cc2c(ccc3ccccc32)oc1=O. The van der Waals surface area contributed by atoms with Crippen LogP contribution >= 0.6 is 11.6 Å². The molecule has 4 heteroatoms. The summed E-state index contributed by atoms with van der Waals surface area (Å²) < 4.78 is 5.10. The Hall–Kier alpha value is -2.13. The van der Waals surface area contributed by atoms with E-state index in [9.17, 15) is 9.59 Å². The topological polar surface area (TPSA) is 47.3 Å². The highest BCUT2D eigenvalue weighted by molar-refractivity contribution is 6.67. The Balaban J connectivity index is 2.53. The molecule has 2 aromatic carbocycles. The number of hydrogen-bond acceptors (Lipinski definition) is 3. The van der Waals surface area contributed by atoms with Gasteiger partial charge in [0.25, 0.3) is 5.24 Å². The second-order valence-corrected chi connectivity index (χ2v) is 4.26. The molecule has 0 amide bonds. The zero-order valence-electron chi connectivity index (χ0n) is 9.14. The summed E-state index contributed by atoms with van der Waals surface area (Å²) in [5.41, 5.74) is -0.404. The van der Waals surface area contributed by atoms with E-state index in [-0.39, 0.29) is 5.56 Å². The predicted molar refractivity (Wildman–Crippen MR) is 70.2 cm³/mol. The first-order valence-corrected chi connectivity index (χ1v) is 5.70. The Morgan fingerprint density at radius 3 is 2.61 bits per heavy atom. The van der Waals surface area contributed by atoms with Crippen molar-refractivity contribution in [3.8, 4) is 0 Å². The van der Waals surface area contributed by atoms with Crippen molar-refractivity contribution in [2.75, 3.05) is 0 Å². The molecule has 88 valence electrons. The third-order valence-electron chi connectivity index (χ3n) is 2.85. The van der Waals surface area contributed by atoms with Crippen LogP contribution in [0.3, 0.4) is 0 Å². The minimum atomic E-state index is -0.807. The Labute approximate surface area is 107 Å². The zero-order valence-corrected chi connectivity index (χ0v) is 9.90. The lowest BCUT2D eigenvalue weighted by Crippen LogP contribution is -2.09. The molecule has 0 spiro atoms. The quantitative estimate of drug-likeness (QED) is 0.382. The summed E-state index contributed by atoms with van der Waals surface area (Å²) in [6, 6.07) is 12.7. The van der Waals surface area contributed by atoms with Gasteiger partial charge in [-0.3, -0.25) is 4.79 Å². The number of benzene rings is 2. The standard InChI is InChI=1S/C14H7ClO3/c15-13(16)11-7-10-9-4-2-1-3-8(9)5-6-12(10)18-14(11)17/h1-7H. The van der Waals surface area contributed by atoms with Gasteiger partial charge in [-0.05, 0) is 34.5 Å². The molecule has 0 aliphatic carbocycles. The van der Waals surface area contributed by atoms with Gasteiger partial charge in [0, 0.05) is 5.39 Å². The van der Waals surface area contributed by atoms with Crippen LogP contribution in [-0.4, -0.2) is 5.24 Å². The molecule has 0 atom stereocenters. The fraction of sp³-hybridized carbons (Fsp3) is 0. The van der Waals surface area contributed by atoms with Crippen molar-refractivity contribution in [2.24, 2.45) is 0 Å². The Morgan fingerprint density at radius 1 is 1.06 bits per heavy atom. The van der Waals surface area contributed by atoms with Gasteiger partial charge in [0.1, 0.15) is 11.1 Å². The summed E-state index contributed by atoms with van der Waals surface area (Å²) in [5.74, 6) is 0. The summed E-state index contributed by atoms with van der Waals surface area (Å²) in [5, 5.41) is 1.82. The van der Waals surface area contributed by atoms with Crippen LogP contribution in [-0.2, 0) is 0 Å². The first-order chi connectivity index (χ1) is 8.66. The molecule has 0 aliphatic rings. The van der Waals surface area contributed by atoms with Crippen molar-refractivity contribution in [3.63, 3.8) is 0 Å². The molecular weight excluding hydrogens is 252 g/mol. The first kappa shape index (κ1) is 11.0. The van der Waals surface area contributed by atoms with Gasteiger partial charge in [-0.2, -0.15) is 0 Å². The Bertz CT molecular complexity index is 833. The lowest BCUT2D eigenvalue weighted by molar-refractivity contribution is 0.107. The van der Waals surface area contributed by atoms with Crippen molar-refractivity contribution in [1.29, 1.82) is 0 Å². The number of carbonyl (C=O) groups excluding carboxylic acids is 1. The van der Waals surface area contributed by atoms with Gasteiger partial charge in [-0.25, -0.2) is 4.79 Å². The molecule has 1 heterocycles. The lowest BCUT2D eigenvalue weighted by Gasteiger charge is -2.03. The average Bonchev–Trinajstić information content (AvgIpc) is 2.37. The van der Waals surface area contributed by atoms with Crippen molar-refractivity contribution in [3.05, 3.63) is 58.4 Å². The molecule has 3 aromatic rings. The van der Waals surface area contributed by atoms with Crippen LogP contribution in [0.2, 0.25) is 0 Å². The van der Waals surface area contributed by atoms with E-state index in [1.807, 2.05) is 30.3 Å².